The zero-order valence-electron chi connectivity index (χ0n) is 20.6. The first-order valence-electron chi connectivity index (χ1n) is 12.1. The Morgan fingerprint density at radius 3 is 2.33 bits per heavy atom. The lowest BCUT2D eigenvalue weighted by molar-refractivity contribution is -0.139. The number of hydrogen-bond donors (Lipinski definition) is 1. The SMILES string of the molecule is CCC(C)NC(=O)C(Cc1ccccc1)N(Cc1cccc(Cl)c1)C(=O)CSCc1ccc(Br)cc1. The lowest BCUT2D eigenvalue weighted by Crippen LogP contribution is -2.52. The summed E-state index contributed by atoms with van der Waals surface area (Å²) in [7, 11) is 0. The number of benzene rings is 3. The summed E-state index contributed by atoms with van der Waals surface area (Å²) in [5, 5.41) is 3.70. The Kier molecular flexibility index (Phi) is 11.4. The average Bonchev–Trinajstić information content (AvgIpc) is 2.87. The predicted molar refractivity (Wildman–Crippen MR) is 154 cm³/mol. The Labute approximate surface area is 231 Å². The maximum atomic E-state index is 13.7. The van der Waals surface area contributed by atoms with E-state index < -0.39 is 6.04 Å². The molecule has 0 bridgehead atoms. The highest BCUT2D eigenvalue weighted by Crippen LogP contribution is 2.21. The first-order valence-corrected chi connectivity index (χ1v) is 14.4. The van der Waals surface area contributed by atoms with Crippen molar-refractivity contribution in [3.63, 3.8) is 0 Å². The zero-order valence-corrected chi connectivity index (χ0v) is 23.8. The fraction of sp³-hybridized carbons (Fsp3) is 0.310. The van der Waals surface area contributed by atoms with Crippen molar-refractivity contribution in [1.82, 2.24) is 10.2 Å². The van der Waals surface area contributed by atoms with Gasteiger partial charge in [-0.25, -0.2) is 0 Å². The number of nitrogens with one attached hydrogen (secondary N) is 1. The molecule has 0 radical (unpaired) electrons. The molecule has 1 N–H and O–H groups in total. The number of rotatable bonds is 12. The Morgan fingerprint density at radius 2 is 1.67 bits per heavy atom. The van der Waals surface area contributed by atoms with Crippen molar-refractivity contribution in [2.24, 2.45) is 0 Å². The molecule has 3 aromatic rings. The topological polar surface area (TPSA) is 49.4 Å². The fourth-order valence-electron chi connectivity index (χ4n) is 3.75. The van der Waals surface area contributed by atoms with Crippen molar-refractivity contribution in [2.75, 3.05) is 5.75 Å². The van der Waals surface area contributed by atoms with Crippen LogP contribution in [0.15, 0.2) is 83.3 Å². The number of amides is 2. The predicted octanol–water partition coefficient (Wildman–Crippen LogP) is 6.89. The molecule has 2 unspecified atom stereocenters. The number of carbonyl (C=O) groups is 2. The average molecular weight is 588 g/mol. The molecule has 0 aliphatic heterocycles. The van der Waals surface area contributed by atoms with E-state index >= 15 is 0 Å². The summed E-state index contributed by atoms with van der Waals surface area (Å²) in [4.78, 5) is 28.9. The molecule has 36 heavy (non-hydrogen) atoms. The molecule has 7 heteroatoms. The highest BCUT2D eigenvalue weighted by molar-refractivity contribution is 9.10. The van der Waals surface area contributed by atoms with E-state index in [0.717, 1.165) is 27.6 Å². The summed E-state index contributed by atoms with van der Waals surface area (Å²) in [6.45, 7) is 4.32. The first-order chi connectivity index (χ1) is 17.4. The molecule has 4 nitrogen and oxygen atoms in total. The smallest absolute Gasteiger partial charge is 0.243 e. The highest BCUT2D eigenvalue weighted by atomic mass is 79.9. The van der Waals surface area contributed by atoms with Gasteiger partial charge in [0.05, 0.1) is 5.75 Å². The minimum absolute atomic E-state index is 0.0191. The number of hydrogen-bond acceptors (Lipinski definition) is 3. The van der Waals surface area contributed by atoms with Gasteiger partial charge in [0.15, 0.2) is 0 Å². The minimum Gasteiger partial charge on any atom is -0.352 e. The lowest BCUT2D eigenvalue weighted by Gasteiger charge is -2.32. The summed E-state index contributed by atoms with van der Waals surface area (Å²) in [6, 6.07) is 24.8. The van der Waals surface area contributed by atoms with Crippen LogP contribution >= 0.6 is 39.3 Å². The van der Waals surface area contributed by atoms with E-state index in [4.69, 9.17) is 11.6 Å². The van der Waals surface area contributed by atoms with Gasteiger partial charge in [-0.15, -0.1) is 11.8 Å². The third-order valence-electron chi connectivity index (χ3n) is 5.92. The third-order valence-corrected chi connectivity index (χ3v) is 7.67. The molecule has 0 saturated heterocycles. The van der Waals surface area contributed by atoms with Crippen molar-refractivity contribution >= 4 is 51.1 Å². The van der Waals surface area contributed by atoms with Crippen LogP contribution in [0, 0.1) is 0 Å². The molecule has 0 aromatic heterocycles. The van der Waals surface area contributed by atoms with E-state index in [-0.39, 0.29) is 23.6 Å². The Hall–Kier alpha value is -2.28. The second-order valence-electron chi connectivity index (χ2n) is 8.79. The monoisotopic (exact) mass is 586 g/mol. The van der Waals surface area contributed by atoms with Crippen LogP contribution in [-0.4, -0.2) is 34.6 Å². The van der Waals surface area contributed by atoms with E-state index in [1.165, 1.54) is 0 Å². The first kappa shape index (κ1) is 28.3. The van der Waals surface area contributed by atoms with Gasteiger partial charge in [0, 0.05) is 34.3 Å². The molecule has 3 aromatic carbocycles. The largest absolute Gasteiger partial charge is 0.352 e. The van der Waals surface area contributed by atoms with Gasteiger partial charge >= 0.3 is 0 Å². The molecule has 190 valence electrons. The minimum atomic E-state index is -0.638. The van der Waals surface area contributed by atoms with Crippen LogP contribution in [-0.2, 0) is 28.3 Å². The fourth-order valence-corrected chi connectivity index (χ4v) is 5.09. The summed E-state index contributed by atoms with van der Waals surface area (Å²) in [5.41, 5.74) is 3.05. The molecule has 0 spiro atoms. The molecule has 0 aliphatic rings. The van der Waals surface area contributed by atoms with Gasteiger partial charge in [-0.3, -0.25) is 9.59 Å². The number of thioether (sulfide) groups is 1. The maximum Gasteiger partial charge on any atom is 0.243 e. The van der Waals surface area contributed by atoms with Crippen molar-refractivity contribution in [3.05, 3.63) is 105 Å². The van der Waals surface area contributed by atoms with Gasteiger partial charge in [0.25, 0.3) is 0 Å². The second kappa shape index (κ2) is 14.5. The van der Waals surface area contributed by atoms with Crippen LogP contribution in [0.5, 0.6) is 0 Å². The molecular formula is C29H32BrClN2O2S. The number of nitrogens with zero attached hydrogens (tertiary/aromatic N) is 1. The van der Waals surface area contributed by atoms with Gasteiger partial charge in [-0.05, 0) is 54.3 Å². The van der Waals surface area contributed by atoms with E-state index in [9.17, 15) is 9.59 Å². The molecule has 3 rings (SSSR count). The Bertz CT molecular complexity index is 1130. The molecule has 0 saturated carbocycles. The number of carbonyl (C=O) groups excluding carboxylic acids is 2. The van der Waals surface area contributed by atoms with Gasteiger partial charge in [-0.1, -0.05) is 89.1 Å². The lowest BCUT2D eigenvalue weighted by atomic mass is 10.0. The van der Waals surface area contributed by atoms with Crippen molar-refractivity contribution in [1.29, 1.82) is 0 Å². The summed E-state index contributed by atoms with van der Waals surface area (Å²) in [5.74, 6) is 0.782. The normalized spacial score (nSPS) is 12.6. The van der Waals surface area contributed by atoms with Gasteiger partial charge in [0.1, 0.15) is 6.04 Å². The van der Waals surface area contributed by atoms with Crippen LogP contribution in [0.3, 0.4) is 0 Å². The zero-order chi connectivity index (χ0) is 25.9. The summed E-state index contributed by atoms with van der Waals surface area (Å²) in [6.07, 6.45) is 1.25. The second-order valence-corrected chi connectivity index (χ2v) is 11.1. The Balaban J connectivity index is 1.85. The summed E-state index contributed by atoms with van der Waals surface area (Å²) < 4.78 is 1.02. The van der Waals surface area contributed by atoms with Crippen LogP contribution < -0.4 is 5.32 Å². The summed E-state index contributed by atoms with van der Waals surface area (Å²) >= 11 is 11.2. The van der Waals surface area contributed by atoms with E-state index in [1.54, 1.807) is 16.7 Å². The quantitative estimate of drug-likeness (QED) is 0.251. The van der Waals surface area contributed by atoms with Crippen molar-refractivity contribution in [3.8, 4) is 0 Å². The van der Waals surface area contributed by atoms with Crippen LogP contribution in [0.4, 0.5) is 0 Å². The molecule has 2 atom stereocenters. The third kappa shape index (κ3) is 8.99. The van der Waals surface area contributed by atoms with Crippen molar-refractivity contribution in [2.45, 2.75) is 51.1 Å². The van der Waals surface area contributed by atoms with E-state index in [0.29, 0.717) is 23.7 Å². The van der Waals surface area contributed by atoms with Gasteiger partial charge in [0.2, 0.25) is 11.8 Å². The molecular weight excluding hydrogens is 556 g/mol. The van der Waals surface area contributed by atoms with Gasteiger partial charge in [-0.2, -0.15) is 0 Å². The van der Waals surface area contributed by atoms with Crippen LogP contribution in [0.25, 0.3) is 0 Å². The van der Waals surface area contributed by atoms with E-state index in [2.05, 4.69) is 21.2 Å². The van der Waals surface area contributed by atoms with E-state index in [1.807, 2.05) is 92.7 Å². The van der Waals surface area contributed by atoms with Gasteiger partial charge < -0.3 is 10.2 Å². The Morgan fingerprint density at radius 1 is 0.972 bits per heavy atom. The molecule has 0 heterocycles. The number of halogens is 2. The van der Waals surface area contributed by atoms with Crippen molar-refractivity contribution < 1.29 is 9.59 Å². The molecule has 2 amide bonds. The molecule has 0 aliphatic carbocycles. The van der Waals surface area contributed by atoms with Crippen LogP contribution in [0.2, 0.25) is 5.02 Å². The van der Waals surface area contributed by atoms with Crippen LogP contribution in [0.1, 0.15) is 37.0 Å². The highest BCUT2D eigenvalue weighted by Gasteiger charge is 2.30. The molecule has 0 fully saturated rings. The maximum absolute atomic E-state index is 13.7. The standard InChI is InChI=1S/C29H32BrClN2O2S/c1-3-21(2)32-29(35)27(17-22-8-5-4-6-9-22)33(18-24-10-7-11-26(31)16-24)28(34)20-36-19-23-12-14-25(30)15-13-23/h4-16,21,27H,3,17-20H2,1-2H3,(H,32,35).